The molecule has 36 heavy (non-hydrogen) atoms. The van der Waals surface area contributed by atoms with Crippen molar-refractivity contribution < 1.29 is 29.0 Å². The maximum Gasteiger partial charge on any atom is 0.329 e. The molecule has 0 aromatic heterocycles. The number of esters is 1. The predicted molar refractivity (Wildman–Crippen MR) is 142 cm³/mol. The van der Waals surface area contributed by atoms with E-state index in [0.717, 1.165) is 5.75 Å². The highest BCUT2D eigenvalue weighted by molar-refractivity contribution is 8.76. The zero-order valence-corrected chi connectivity index (χ0v) is 23.0. The van der Waals surface area contributed by atoms with Crippen molar-refractivity contribution in [3.63, 3.8) is 0 Å². The normalized spacial score (nSPS) is 31.9. The molecule has 0 aromatic carbocycles. The van der Waals surface area contributed by atoms with Crippen LogP contribution in [-0.4, -0.2) is 70.8 Å². The average molecular weight is 543 g/mol. The molecule has 2 aliphatic rings. The highest BCUT2D eigenvalue weighted by Crippen LogP contribution is 2.24. The second kappa shape index (κ2) is 14.7. The molecule has 12 heteroatoms. The Balaban J connectivity index is 2.54. The van der Waals surface area contributed by atoms with Crippen LogP contribution in [0.15, 0.2) is 23.9 Å². The first-order valence-corrected chi connectivity index (χ1v) is 14.6. The highest BCUT2D eigenvalue weighted by Gasteiger charge is 2.33. The van der Waals surface area contributed by atoms with Gasteiger partial charge in [-0.15, -0.1) is 0 Å². The third kappa shape index (κ3) is 9.13. The number of rotatable bonds is 2. The van der Waals surface area contributed by atoms with Crippen LogP contribution in [0.3, 0.4) is 0 Å². The first-order chi connectivity index (χ1) is 17.0. The molecule has 0 spiro atoms. The number of aliphatic hydroxyl groups excluding tert-OH is 1. The Morgan fingerprint density at radius 1 is 1.08 bits per heavy atom. The fraction of sp³-hybridized carbons (Fsp3) is 0.667. The number of carbonyl (C=O) groups is 4. The van der Waals surface area contributed by atoms with Gasteiger partial charge in [-0.05, 0) is 31.3 Å². The van der Waals surface area contributed by atoms with Crippen LogP contribution in [0, 0.1) is 11.8 Å². The lowest BCUT2D eigenvalue weighted by Crippen LogP contribution is -2.59. The van der Waals surface area contributed by atoms with Crippen LogP contribution >= 0.6 is 21.6 Å². The fourth-order valence-electron chi connectivity index (χ4n) is 3.65. The molecule has 1 saturated heterocycles. The largest absolute Gasteiger partial charge is 0.456 e. The molecule has 0 saturated carbocycles. The molecule has 1 fully saturated rings. The van der Waals surface area contributed by atoms with Crippen molar-refractivity contribution in [2.24, 2.45) is 11.8 Å². The van der Waals surface area contributed by atoms with Crippen LogP contribution in [0.25, 0.3) is 0 Å². The summed E-state index contributed by atoms with van der Waals surface area (Å²) in [5, 5.41) is 22.0. The summed E-state index contributed by atoms with van der Waals surface area (Å²) in [5.74, 6) is -1.67. The van der Waals surface area contributed by atoms with Gasteiger partial charge < -0.3 is 25.8 Å². The summed E-state index contributed by atoms with van der Waals surface area (Å²) in [6.45, 7) is 8.82. The maximum atomic E-state index is 13.2. The standard InChI is InChI=1S/C24H38N4O6S2/c1-6-16-21(30)28-20(14(4)5)24(33)34-15-9-7-8-10-35-36-12-17(22(31)25-16)26-23(32)19(13(2)3)27-18(29)11-15/h6-7,9,13-15,17,19-20,23,26,32H,8,10-12H2,1-5H3,(H,25,31)(H,27,29)(H,28,30)/b9-7+,16-6-/t15-,17-,19-,20+,23?/m1/s1. The Kier molecular flexibility index (Phi) is 12.3. The van der Waals surface area contributed by atoms with E-state index in [9.17, 15) is 24.3 Å². The Hall–Kier alpha value is -2.02. The van der Waals surface area contributed by atoms with Gasteiger partial charge in [-0.3, -0.25) is 19.7 Å². The van der Waals surface area contributed by atoms with Crippen LogP contribution < -0.4 is 21.3 Å². The van der Waals surface area contributed by atoms with Gasteiger partial charge in [0.2, 0.25) is 11.8 Å². The van der Waals surface area contributed by atoms with Gasteiger partial charge in [-0.2, -0.15) is 0 Å². The maximum absolute atomic E-state index is 13.2. The SMILES string of the molecule is C/C=C1\NC(=O)[C@H]2CSSCC/C=C/[C@H](CC(=O)N[C@H](C(C)C)C(O)N2)OC(=O)[C@H](C(C)C)NC1=O. The van der Waals surface area contributed by atoms with Crippen LogP contribution in [0.2, 0.25) is 0 Å². The molecule has 3 amide bonds. The zero-order chi connectivity index (χ0) is 26.8. The summed E-state index contributed by atoms with van der Waals surface area (Å²) in [6, 6.07) is -2.56. The van der Waals surface area contributed by atoms with E-state index in [1.807, 2.05) is 19.9 Å². The summed E-state index contributed by atoms with van der Waals surface area (Å²) < 4.78 is 5.67. The summed E-state index contributed by atoms with van der Waals surface area (Å²) in [5.41, 5.74) is -0.0149. The Morgan fingerprint density at radius 3 is 2.44 bits per heavy atom. The number of ether oxygens (including phenoxy) is 1. The van der Waals surface area contributed by atoms with Gasteiger partial charge in [-0.25, -0.2) is 4.79 Å². The minimum atomic E-state index is -1.24. The molecule has 1 unspecified atom stereocenters. The van der Waals surface area contributed by atoms with Crippen molar-refractivity contribution >= 4 is 45.3 Å². The Bertz CT molecular complexity index is 864. The second-order valence-electron chi connectivity index (χ2n) is 9.39. The third-order valence-corrected chi connectivity index (χ3v) is 8.21. The van der Waals surface area contributed by atoms with Gasteiger partial charge in [0.25, 0.3) is 5.91 Å². The van der Waals surface area contributed by atoms with Crippen molar-refractivity contribution in [2.45, 2.75) is 77.9 Å². The van der Waals surface area contributed by atoms with Gasteiger partial charge in [0.05, 0.1) is 18.5 Å². The van der Waals surface area contributed by atoms with Crippen molar-refractivity contribution in [1.29, 1.82) is 0 Å². The summed E-state index contributed by atoms with van der Waals surface area (Å²) in [6.07, 6.45) is 3.42. The van der Waals surface area contributed by atoms with Crippen LogP contribution in [0.5, 0.6) is 0 Å². The van der Waals surface area contributed by atoms with Crippen molar-refractivity contribution in [1.82, 2.24) is 21.3 Å². The van der Waals surface area contributed by atoms with E-state index in [2.05, 4.69) is 21.3 Å². The van der Waals surface area contributed by atoms with E-state index in [1.165, 1.54) is 16.9 Å². The van der Waals surface area contributed by atoms with Crippen molar-refractivity contribution in [2.75, 3.05) is 11.5 Å². The van der Waals surface area contributed by atoms with E-state index >= 15 is 0 Å². The molecular weight excluding hydrogens is 504 g/mol. The molecule has 10 nitrogen and oxygen atoms in total. The molecule has 5 N–H and O–H groups in total. The van der Waals surface area contributed by atoms with E-state index in [4.69, 9.17) is 4.74 Å². The molecule has 5 atom stereocenters. The summed E-state index contributed by atoms with van der Waals surface area (Å²) in [7, 11) is 3.02. The number of hydrogen-bond donors (Lipinski definition) is 5. The second-order valence-corrected chi connectivity index (χ2v) is 12.0. The molecule has 202 valence electrons. The van der Waals surface area contributed by atoms with Crippen molar-refractivity contribution in [3.05, 3.63) is 23.9 Å². The van der Waals surface area contributed by atoms with Crippen LogP contribution in [0.4, 0.5) is 0 Å². The van der Waals surface area contributed by atoms with E-state index in [0.29, 0.717) is 12.2 Å². The number of hydrogen-bond acceptors (Lipinski definition) is 9. The predicted octanol–water partition coefficient (Wildman–Crippen LogP) is 1.22. The molecule has 2 heterocycles. The topological polar surface area (TPSA) is 146 Å². The first-order valence-electron chi connectivity index (χ1n) is 12.2. The first kappa shape index (κ1) is 30.2. The van der Waals surface area contributed by atoms with Crippen LogP contribution in [0.1, 0.15) is 47.5 Å². The average Bonchev–Trinajstić information content (AvgIpc) is 2.81. The van der Waals surface area contributed by atoms with E-state index in [-0.39, 0.29) is 24.0 Å². The number of fused-ring (bicyclic) bond motifs is 7. The van der Waals surface area contributed by atoms with Crippen LogP contribution in [-0.2, 0) is 23.9 Å². The number of amides is 3. The smallest absolute Gasteiger partial charge is 0.329 e. The van der Waals surface area contributed by atoms with Gasteiger partial charge in [0, 0.05) is 11.5 Å². The minimum absolute atomic E-state index is 0.0149. The Morgan fingerprint density at radius 2 is 1.81 bits per heavy atom. The number of aliphatic hydroxyl groups is 1. The van der Waals surface area contributed by atoms with Crippen molar-refractivity contribution in [3.8, 4) is 0 Å². The molecular formula is C24H38N4O6S2. The molecule has 2 aliphatic heterocycles. The lowest BCUT2D eigenvalue weighted by Gasteiger charge is -2.31. The number of nitrogens with one attached hydrogen (secondary N) is 4. The van der Waals surface area contributed by atoms with E-state index < -0.39 is 54.1 Å². The minimum Gasteiger partial charge on any atom is -0.456 e. The monoisotopic (exact) mass is 542 g/mol. The zero-order valence-electron chi connectivity index (χ0n) is 21.4. The molecule has 0 radical (unpaired) electrons. The van der Waals surface area contributed by atoms with E-state index in [1.54, 1.807) is 37.6 Å². The summed E-state index contributed by atoms with van der Waals surface area (Å²) in [4.78, 5) is 52.2. The highest BCUT2D eigenvalue weighted by atomic mass is 33.1. The van der Waals surface area contributed by atoms with Gasteiger partial charge >= 0.3 is 5.97 Å². The lowest BCUT2D eigenvalue weighted by atomic mass is 10.0. The van der Waals surface area contributed by atoms with Gasteiger partial charge in [0.15, 0.2) is 0 Å². The molecule has 0 aliphatic carbocycles. The number of carbonyl (C=O) groups excluding carboxylic acids is 4. The molecule has 2 bridgehead atoms. The van der Waals surface area contributed by atoms with Gasteiger partial charge in [0.1, 0.15) is 24.1 Å². The quantitative estimate of drug-likeness (QED) is 0.150. The molecule has 0 aromatic rings. The number of allylic oxidation sites excluding steroid dienone is 2. The van der Waals surface area contributed by atoms with Gasteiger partial charge in [-0.1, -0.05) is 61.4 Å². The molecule has 2 rings (SSSR count). The fourth-order valence-corrected chi connectivity index (χ4v) is 5.82. The Labute approximate surface area is 220 Å². The third-order valence-electron chi connectivity index (χ3n) is 5.76. The lowest BCUT2D eigenvalue weighted by molar-refractivity contribution is -0.153. The summed E-state index contributed by atoms with van der Waals surface area (Å²) >= 11 is 0.